The molecule has 0 atom stereocenters. The molecule has 0 aliphatic heterocycles. The Hall–Kier alpha value is 0.0200. The van der Waals surface area contributed by atoms with Crippen molar-refractivity contribution in [1.82, 2.24) is 0 Å². The van der Waals surface area contributed by atoms with Crippen LogP contribution in [0.25, 0.3) is 0 Å². The first-order chi connectivity index (χ1) is 2.81. The van der Waals surface area contributed by atoms with Crippen LogP contribution >= 0.6 is 12.5 Å². The molecule has 0 aliphatic rings. The van der Waals surface area contributed by atoms with Crippen LogP contribution < -0.4 is 0 Å². The van der Waals surface area contributed by atoms with Crippen LogP contribution in [0.15, 0.2) is 0 Å². The Morgan fingerprint density at radius 3 is 3.00 bits per heavy atom. The van der Waals surface area contributed by atoms with Gasteiger partial charge in [-0.2, -0.15) is 0 Å². The molecule has 0 N–H and O–H groups in total. The summed E-state index contributed by atoms with van der Waals surface area (Å²) in [4.78, 5) is 9.96. The third kappa shape index (κ3) is 4.02. The van der Waals surface area contributed by atoms with Gasteiger partial charge in [0.2, 0.25) is 0 Å². The summed E-state index contributed by atoms with van der Waals surface area (Å²) in [6.45, 7) is 1.74. The van der Waals surface area contributed by atoms with E-state index in [2.05, 4.69) is 0 Å². The lowest BCUT2D eigenvalue weighted by Gasteiger charge is -1.70. The molecule has 0 aromatic carbocycles. The molecule has 1 nitrogen and oxygen atoms in total. The maximum atomic E-state index is 9.96. The smallest absolute Gasteiger partial charge is 0.185 e. The fourth-order valence-corrected chi connectivity index (χ4v) is 0. The van der Waals surface area contributed by atoms with E-state index in [4.69, 9.17) is 1.12 Å². The molecule has 5 heavy (non-hydrogen) atoms. The van der Waals surface area contributed by atoms with Gasteiger partial charge < -0.3 is 0 Å². The standard InChI is InChI=1S/C3H6OS/c1-2-3(4)5/h2H2,1H3,(H,4,5)/i/hT. The lowest BCUT2D eigenvalue weighted by molar-refractivity contribution is -0.110. The fraction of sp³-hybridized carbons (Fsp3) is 0.667. The zero-order chi connectivity index (χ0) is 4.99. The highest BCUT2D eigenvalue weighted by atomic mass is 32.1. The normalized spacial score (nSPS) is 10.2. The van der Waals surface area contributed by atoms with Crippen LogP contribution in [0.2, 0.25) is 0 Å². The van der Waals surface area contributed by atoms with Gasteiger partial charge in [-0.05, 0) is 0 Å². The lowest BCUT2D eigenvalue weighted by atomic mass is 10.6. The summed E-state index contributed by atoms with van der Waals surface area (Å²) in [5.74, 6) is 0. The van der Waals surface area contributed by atoms with Crippen LogP contribution in [0.5, 0.6) is 0 Å². The third-order valence-corrected chi connectivity index (χ3v) is 0.577. The Balaban J connectivity index is 2.99. The quantitative estimate of drug-likeness (QED) is 0.474. The highest BCUT2D eigenvalue weighted by Gasteiger charge is 1.78. The summed E-state index contributed by atoms with van der Waals surface area (Å²) < 4.78 is 6.38. The Morgan fingerprint density at radius 2 is 3.00 bits per heavy atom. The molecule has 0 fully saturated rings. The molecule has 30 valence electrons. The first-order valence-corrected chi connectivity index (χ1v) is 1.88. The van der Waals surface area contributed by atoms with Gasteiger partial charge >= 0.3 is 0 Å². The van der Waals surface area contributed by atoms with Crippen molar-refractivity contribution in [3.8, 4) is 0 Å². The largest absolute Gasteiger partial charge is 0.288 e. The van der Waals surface area contributed by atoms with Gasteiger partial charge in [0, 0.05) is 6.42 Å². The van der Waals surface area contributed by atoms with Crippen LogP contribution in [0.3, 0.4) is 0 Å². The van der Waals surface area contributed by atoms with Crippen molar-refractivity contribution in [2.75, 3.05) is 0 Å². The SMILES string of the molecule is [3H]SC(=O)CC. The van der Waals surface area contributed by atoms with Crippen LogP contribution in [0.4, 0.5) is 0 Å². The van der Waals surface area contributed by atoms with Gasteiger partial charge in [0.1, 0.15) is 1.12 Å². The third-order valence-electron chi connectivity index (χ3n) is 0.289. The van der Waals surface area contributed by atoms with E-state index in [-0.39, 0.29) is 5.12 Å². The van der Waals surface area contributed by atoms with Crippen molar-refractivity contribution in [2.24, 2.45) is 0 Å². The number of hydrogen-bond donors (Lipinski definition) is 1. The molecule has 0 aliphatic carbocycles. The molecule has 0 unspecified atom stereocenters. The van der Waals surface area contributed by atoms with E-state index in [0.29, 0.717) is 19.0 Å². The molecule has 0 radical (unpaired) electrons. The molecule has 0 saturated heterocycles. The minimum absolute atomic E-state index is 0.0741. The monoisotopic (exact) mass is 92.0 g/mol. The second-order valence-electron chi connectivity index (χ2n) is 0.726. The summed E-state index contributed by atoms with van der Waals surface area (Å²) in [7, 11) is 0. The maximum Gasteiger partial charge on any atom is 0.185 e. The summed E-state index contributed by atoms with van der Waals surface area (Å²) in [6.07, 6.45) is 0.466. The predicted molar refractivity (Wildman–Crippen MR) is 24.3 cm³/mol. The maximum absolute atomic E-state index is 9.96. The molecule has 0 spiro atoms. The number of thiol groups is 1. The van der Waals surface area contributed by atoms with E-state index >= 15 is 0 Å². The van der Waals surface area contributed by atoms with Gasteiger partial charge in [0.15, 0.2) is 5.12 Å². The second kappa shape index (κ2) is 2.27. The highest BCUT2D eigenvalue weighted by molar-refractivity contribution is 7.96. The Kier molecular flexibility index (Phi) is 1.46. The van der Waals surface area contributed by atoms with Crippen molar-refractivity contribution >= 4 is 17.6 Å². The van der Waals surface area contributed by atoms with Crippen molar-refractivity contribution in [3.05, 3.63) is 0 Å². The van der Waals surface area contributed by atoms with Crippen molar-refractivity contribution in [1.29, 1.82) is 1.12 Å². The Labute approximate surface area is 37.9 Å². The molecular formula is C3H6OS. The number of rotatable bonds is 1. The van der Waals surface area contributed by atoms with Crippen LogP contribution in [-0.4, -0.2) is 6.24 Å². The predicted octanol–water partition coefficient (Wildman–Crippen LogP) is 0.853. The topological polar surface area (TPSA) is 17.1 Å². The van der Waals surface area contributed by atoms with Gasteiger partial charge in [-0.25, -0.2) is 0 Å². The van der Waals surface area contributed by atoms with Gasteiger partial charge in [0.25, 0.3) is 0 Å². The average Bonchev–Trinajstić information content (AvgIpc) is 1.65. The molecule has 0 aromatic rings. The van der Waals surface area contributed by atoms with Gasteiger partial charge in [-0.15, -0.1) is 12.5 Å². The zero-order valence-corrected chi connectivity index (χ0v) is 3.84. The van der Waals surface area contributed by atoms with E-state index < -0.39 is 0 Å². The van der Waals surface area contributed by atoms with Crippen molar-refractivity contribution < 1.29 is 4.79 Å². The van der Waals surface area contributed by atoms with Crippen LogP contribution in [0.1, 0.15) is 13.3 Å². The summed E-state index contributed by atoms with van der Waals surface area (Å²) in [5.41, 5.74) is 0. The van der Waals surface area contributed by atoms with E-state index in [1.165, 1.54) is 0 Å². The van der Waals surface area contributed by atoms with Crippen molar-refractivity contribution in [2.45, 2.75) is 13.3 Å². The minimum Gasteiger partial charge on any atom is -0.288 e. The van der Waals surface area contributed by atoms with Gasteiger partial charge in [-0.1, -0.05) is 6.92 Å². The summed E-state index contributed by atoms with van der Waals surface area (Å²) >= 11 is 0.536. The van der Waals surface area contributed by atoms with E-state index in [9.17, 15) is 4.79 Å². The van der Waals surface area contributed by atoms with E-state index in [0.717, 1.165) is 0 Å². The Bertz CT molecular complexity index is 48.8. The molecule has 0 heterocycles. The number of carbonyl (C=O) groups is 1. The van der Waals surface area contributed by atoms with E-state index in [1.54, 1.807) is 6.92 Å². The van der Waals surface area contributed by atoms with Crippen LogP contribution in [-0.2, 0) is 4.79 Å². The van der Waals surface area contributed by atoms with E-state index in [1.807, 2.05) is 0 Å². The molecule has 0 saturated carbocycles. The lowest BCUT2D eigenvalue weighted by Crippen LogP contribution is -1.74. The first kappa shape index (κ1) is 3.22. The fourth-order valence-electron chi connectivity index (χ4n) is 0. The first-order valence-electron chi connectivity index (χ1n) is 1.88. The van der Waals surface area contributed by atoms with Gasteiger partial charge in [0.05, 0.1) is 0 Å². The summed E-state index contributed by atoms with van der Waals surface area (Å²) in [6, 6.07) is 0. The average molecular weight is 92.2 g/mol. The Morgan fingerprint density at radius 1 is 2.40 bits per heavy atom. The molecular weight excluding hydrogens is 84.1 g/mol. The van der Waals surface area contributed by atoms with Gasteiger partial charge in [-0.3, -0.25) is 4.79 Å². The molecule has 0 amide bonds. The van der Waals surface area contributed by atoms with Crippen molar-refractivity contribution in [3.63, 3.8) is 0 Å². The molecule has 0 rings (SSSR count). The number of hydrogen-bond acceptors (Lipinski definition) is 2. The van der Waals surface area contributed by atoms with Crippen LogP contribution in [0, 0.1) is 0 Å². The molecule has 0 aromatic heterocycles. The molecule has 0 bridgehead atoms. The second-order valence-corrected chi connectivity index (χ2v) is 1.18. The minimum atomic E-state index is -0.0741. The molecule has 2 heteroatoms. The highest BCUT2D eigenvalue weighted by Crippen LogP contribution is 1.80. The summed E-state index contributed by atoms with van der Waals surface area (Å²) in [5, 5.41) is -0.0741. The zero-order valence-electron chi connectivity index (χ0n) is 4.02. The number of carbonyl (C=O) groups excluding carboxylic acids is 1.